The van der Waals surface area contributed by atoms with Gasteiger partial charge in [0.1, 0.15) is 19.0 Å². The van der Waals surface area contributed by atoms with E-state index < -0.39 is 0 Å². The standard InChI is InChI=1S/C29H34N6O4/c1-3-24(28-31-32-33-35(28)22-9-5-6-10-22)34(17-19-8-4-7-11-25(19)37-2)18-21-14-20-15-26-27(39-13-12-38-26)16-23(20)30-29(21)36/h4,7-8,11,14-16,22,24H,3,5-6,9-10,12-13,17-18H2,1-2H3,(H,30,36)/t24-/m0/s1. The number of hydrogen-bond donors (Lipinski definition) is 1. The first-order valence-corrected chi connectivity index (χ1v) is 13.7. The largest absolute Gasteiger partial charge is 0.496 e. The molecule has 0 bridgehead atoms. The molecule has 2 aromatic carbocycles. The van der Waals surface area contributed by atoms with Crippen LogP contribution in [0.4, 0.5) is 0 Å². The van der Waals surface area contributed by atoms with Gasteiger partial charge in [0.2, 0.25) is 0 Å². The molecule has 0 saturated heterocycles. The van der Waals surface area contributed by atoms with Crippen LogP contribution in [0.2, 0.25) is 0 Å². The Labute approximate surface area is 226 Å². The van der Waals surface area contributed by atoms with Crippen molar-refractivity contribution in [2.24, 2.45) is 0 Å². The Bertz CT molecular complexity index is 1510. The molecule has 0 amide bonds. The van der Waals surface area contributed by atoms with Crippen molar-refractivity contribution in [1.29, 1.82) is 0 Å². The van der Waals surface area contributed by atoms with Crippen LogP contribution in [0, 0.1) is 0 Å². The Morgan fingerprint density at radius 2 is 1.82 bits per heavy atom. The smallest absolute Gasteiger partial charge is 0.252 e. The third kappa shape index (κ3) is 5.08. The van der Waals surface area contributed by atoms with Crippen LogP contribution >= 0.6 is 0 Å². The maximum Gasteiger partial charge on any atom is 0.252 e. The molecule has 1 aliphatic heterocycles. The zero-order valence-electron chi connectivity index (χ0n) is 22.4. The first kappa shape index (κ1) is 25.4. The lowest BCUT2D eigenvalue weighted by molar-refractivity contribution is 0.156. The van der Waals surface area contributed by atoms with Gasteiger partial charge >= 0.3 is 0 Å². The molecule has 10 heteroatoms. The average molecular weight is 531 g/mol. The summed E-state index contributed by atoms with van der Waals surface area (Å²) in [6, 6.07) is 13.9. The fourth-order valence-corrected chi connectivity index (χ4v) is 5.89. The minimum atomic E-state index is -0.130. The van der Waals surface area contributed by atoms with E-state index in [1.165, 1.54) is 12.8 Å². The fraction of sp³-hybridized carbons (Fsp3) is 0.448. The van der Waals surface area contributed by atoms with Crippen LogP contribution in [0.5, 0.6) is 17.2 Å². The van der Waals surface area contributed by atoms with Gasteiger partial charge in [0.05, 0.1) is 24.7 Å². The normalized spacial score (nSPS) is 16.2. The maximum absolute atomic E-state index is 13.4. The van der Waals surface area contributed by atoms with Crippen molar-refractivity contribution in [3.05, 3.63) is 69.8 Å². The monoisotopic (exact) mass is 530 g/mol. The molecule has 39 heavy (non-hydrogen) atoms. The average Bonchev–Trinajstić information content (AvgIpc) is 3.66. The van der Waals surface area contributed by atoms with Gasteiger partial charge in [0, 0.05) is 35.7 Å². The number of tetrazole rings is 1. The maximum atomic E-state index is 13.4. The van der Waals surface area contributed by atoms with E-state index in [1.807, 2.05) is 41.1 Å². The first-order valence-electron chi connectivity index (χ1n) is 13.7. The third-order valence-electron chi connectivity index (χ3n) is 7.84. The summed E-state index contributed by atoms with van der Waals surface area (Å²) in [6.45, 7) is 4.13. The minimum Gasteiger partial charge on any atom is -0.496 e. The van der Waals surface area contributed by atoms with Crippen LogP contribution < -0.4 is 19.8 Å². The van der Waals surface area contributed by atoms with Crippen LogP contribution in [0.3, 0.4) is 0 Å². The van der Waals surface area contributed by atoms with Crippen molar-refractivity contribution in [2.75, 3.05) is 20.3 Å². The third-order valence-corrected chi connectivity index (χ3v) is 7.84. The van der Waals surface area contributed by atoms with Gasteiger partial charge in [-0.15, -0.1) is 5.10 Å². The lowest BCUT2D eigenvalue weighted by atomic mass is 10.1. The van der Waals surface area contributed by atoms with Gasteiger partial charge < -0.3 is 19.2 Å². The van der Waals surface area contributed by atoms with Crippen molar-refractivity contribution >= 4 is 10.9 Å². The highest BCUT2D eigenvalue weighted by Crippen LogP contribution is 2.36. The summed E-state index contributed by atoms with van der Waals surface area (Å²) in [5.41, 5.74) is 2.29. The Hall–Kier alpha value is -3.92. The molecular formula is C29H34N6O4. The van der Waals surface area contributed by atoms with E-state index >= 15 is 0 Å². The summed E-state index contributed by atoms with van der Waals surface area (Å²) < 4.78 is 19.2. The SMILES string of the molecule is CC[C@@H](c1nnnn1C1CCCC1)N(Cc1ccccc1OC)Cc1cc2cc3c(cc2[nH]c1=O)OCCO3. The van der Waals surface area contributed by atoms with Gasteiger partial charge in [-0.05, 0) is 47.9 Å². The predicted octanol–water partition coefficient (Wildman–Crippen LogP) is 4.56. The molecule has 2 aliphatic rings. The van der Waals surface area contributed by atoms with Gasteiger partial charge in [-0.3, -0.25) is 9.69 Å². The number of para-hydroxylation sites is 1. The fourth-order valence-electron chi connectivity index (χ4n) is 5.89. The summed E-state index contributed by atoms with van der Waals surface area (Å²) in [7, 11) is 1.68. The molecule has 1 N–H and O–H groups in total. The zero-order valence-corrected chi connectivity index (χ0v) is 22.4. The number of fused-ring (bicyclic) bond motifs is 2. The topological polar surface area (TPSA) is 107 Å². The van der Waals surface area contributed by atoms with E-state index in [2.05, 4.69) is 38.4 Å². The molecule has 1 atom stereocenters. The molecular weight excluding hydrogens is 496 g/mol. The molecule has 0 spiro atoms. The number of nitrogens with zero attached hydrogens (tertiary/aromatic N) is 5. The Morgan fingerprint density at radius 1 is 1.08 bits per heavy atom. The number of benzene rings is 2. The second kappa shape index (κ2) is 11.1. The molecule has 2 aromatic heterocycles. The van der Waals surface area contributed by atoms with Crippen molar-refractivity contribution in [3.8, 4) is 17.2 Å². The van der Waals surface area contributed by atoms with Crippen LogP contribution in [0.1, 0.15) is 68.1 Å². The molecule has 6 rings (SSSR count). The lowest BCUT2D eigenvalue weighted by Gasteiger charge is -2.31. The number of H-pyrrole nitrogens is 1. The highest BCUT2D eigenvalue weighted by Gasteiger charge is 2.30. The number of rotatable bonds is 9. The van der Waals surface area contributed by atoms with Crippen LogP contribution in [0.25, 0.3) is 10.9 Å². The number of hydrogen-bond acceptors (Lipinski definition) is 8. The summed E-state index contributed by atoms with van der Waals surface area (Å²) in [6.07, 6.45) is 5.34. The number of aromatic nitrogens is 5. The molecule has 10 nitrogen and oxygen atoms in total. The molecule has 1 saturated carbocycles. The highest BCUT2D eigenvalue weighted by molar-refractivity contribution is 5.83. The molecule has 204 valence electrons. The van der Waals surface area contributed by atoms with Crippen molar-refractivity contribution in [1.82, 2.24) is 30.1 Å². The van der Waals surface area contributed by atoms with Crippen LogP contribution in [-0.2, 0) is 13.1 Å². The quantitative estimate of drug-likeness (QED) is 0.336. The second-order valence-electron chi connectivity index (χ2n) is 10.3. The lowest BCUT2D eigenvalue weighted by Crippen LogP contribution is -2.33. The summed E-state index contributed by atoms with van der Waals surface area (Å²) in [4.78, 5) is 18.7. The van der Waals surface area contributed by atoms with E-state index in [-0.39, 0.29) is 11.6 Å². The molecule has 0 radical (unpaired) electrons. The minimum absolute atomic E-state index is 0.0964. The second-order valence-corrected chi connectivity index (χ2v) is 10.3. The number of ether oxygens (including phenoxy) is 3. The van der Waals surface area contributed by atoms with Crippen LogP contribution in [0.15, 0.2) is 47.3 Å². The van der Waals surface area contributed by atoms with Gasteiger partial charge in [0.15, 0.2) is 17.3 Å². The van der Waals surface area contributed by atoms with Crippen LogP contribution in [-0.4, -0.2) is 50.4 Å². The van der Waals surface area contributed by atoms with E-state index in [1.54, 1.807) is 7.11 Å². The molecule has 1 aliphatic carbocycles. The molecule has 4 aromatic rings. The molecule has 1 fully saturated rings. The summed E-state index contributed by atoms with van der Waals surface area (Å²) in [5.74, 6) is 3.00. The molecule has 0 unspecified atom stereocenters. The number of aromatic amines is 1. The van der Waals surface area contributed by atoms with Crippen molar-refractivity contribution in [2.45, 2.75) is 64.2 Å². The van der Waals surface area contributed by atoms with E-state index in [0.717, 1.165) is 47.3 Å². The summed E-state index contributed by atoms with van der Waals surface area (Å²) in [5, 5.41) is 13.9. The van der Waals surface area contributed by atoms with E-state index in [0.29, 0.717) is 49.4 Å². The van der Waals surface area contributed by atoms with Gasteiger partial charge in [-0.25, -0.2) is 4.68 Å². The number of nitrogens with one attached hydrogen (secondary N) is 1. The number of pyridine rings is 1. The molecule has 3 heterocycles. The van der Waals surface area contributed by atoms with Crippen molar-refractivity contribution in [3.63, 3.8) is 0 Å². The first-order chi connectivity index (χ1) is 19.1. The van der Waals surface area contributed by atoms with Crippen molar-refractivity contribution < 1.29 is 14.2 Å². The Morgan fingerprint density at radius 3 is 2.59 bits per heavy atom. The Kier molecular flexibility index (Phi) is 7.19. The summed E-state index contributed by atoms with van der Waals surface area (Å²) >= 11 is 0. The Balaban J connectivity index is 1.39. The highest BCUT2D eigenvalue weighted by atomic mass is 16.6. The number of methoxy groups -OCH3 is 1. The van der Waals surface area contributed by atoms with E-state index in [9.17, 15) is 4.79 Å². The van der Waals surface area contributed by atoms with Gasteiger partial charge in [-0.2, -0.15) is 0 Å². The zero-order chi connectivity index (χ0) is 26.8. The van der Waals surface area contributed by atoms with Gasteiger partial charge in [-0.1, -0.05) is 38.0 Å². The van der Waals surface area contributed by atoms with E-state index in [4.69, 9.17) is 14.2 Å². The predicted molar refractivity (Wildman–Crippen MR) is 146 cm³/mol. The van der Waals surface area contributed by atoms with Gasteiger partial charge in [0.25, 0.3) is 5.56 Å².